The van der Waals surface area contributed by atoms with Crippen LogP contribution in [-0.4, -0.2) is 43.6 Å². The number of hydrogen-bond acceptors (Lipinski definition) is 3. The molecule has 1 fully saturated rings. The Kier molecular flexibility index (Phi) is 6.86. The maximum atomic E-state index is 13.1. The van der Waals surface area contributed by atoms with E-state index in [2.05, 4.69) is 21.9 Å². The Hall–Kier alpha value is -1.34. The van der Waals surface area contributed by atoms with E-state index in [1.54, 1.807) is 6.07 Å². The topological polar surface area (TPSA) is 24.5 Å². The molecule has 1 aliphatic rings. The first kappa shape index (κ1) is 19.0. The van der Waals surface area contributed by atoms with E-state index in [0.29, 0.717) is 0 Å². The Labute approximate surface area is 140 Å². The molecule has 1 N–H and O–H groups in total. The van der Waals surface area contributed by atoms with Crippen molar-refractivity contribution in [3.8, 4) is 5.75 Å². The first-order valence-electron chi connectivity index (χ1n) is 8.33. The average molecular weight is 348 g/mol. The molecular formula is C17H24F4N2O. The van der Waals surface area contributed by atoms with Gasteiger partial charge in [0.05, 0.1) is 0 Å². The molecule has 1 saturated heterocycles. The van der Waals surface area contributed by atoms with Crippen LogP contribution < -0.4 is 10.1 Å². The quantitative estimate of drug-likeness (QED) is 0.717. The van der Waals surface area contributed by atoms with Crippen LogP contribution >= 0.6 is 0 Å². The number of piperazine rings is 1. The second-order valence-electron chi connectivity index (χ2n) is 5.98. The zero-order valence-electron chi connectivity index (χ0n) is 13.8. The number of benzene rings is 1. The van der Waals surface area contributed by atoms with Crippen molar-refractivity contribution in [2.45, 2.75) is 44.8 Å². The van der Waals surface area contributed by atoms with Gasteiger partial charge >= 0.3 is 12.5 Å². The predicted molar refractivity (Wildman–Crippen MR) is 84.7 cm³/mol. The largest absolute Gasteiger partial charge is 0.461 e. The van der Waals surface area contributed by atoms with Crippen molar-refractivity contribution in [3.05, 3.63) is 29.8 Å². The van der Waals surface area contributed by atoms with Crippen LogP contribution in [0.15, 0.2) is 24.3 Å². The molecule has 0 bridgehead atoms. The molecule has 1 aromatic carbocycles. The smallest absolute Gasteiger partial charge is 0.428 e. The van der Waals surface area contributed by atoms with Crippen LogP contribution in [-0.2, 0) is 0 Å². The zero-order valence-corrected chi connectivity index (χ0v) is 13.8. The van der Waals surface area contributed by atoms with Gasteiger partial charge in [0, 0.05) is 32.2 Å². The Morgan fingerprint density at radius 1 is 1.25 bits per heavy atom. The summed E-state index contributed by atoms with van der Waals surface area (Å²) in [6.07, 6.45) is -5.41. The fourth-order valence-electron chi connectivity index (χ4n) is 2.94. The van der Waals surface area contributed by atoms with Gasteiger partial charge in [0.2, 0.25) is 0 Å². The highest BCUT2D eigenvalue weighted by Gasteiger charge is 2.44. The number of ether oxygens (including phenoxy) is 1. The summed E-state index contributed by atoms with van der Waals surface area (Å²) in [7, 11) is 0. The Morgan fingerprint density at radius 3 is 2.58 bits per heavy atom. The molecule has 0 aromatic heterocycles. The molecule has 136 valence electrons. The summed E-state index contributed by atoms with van der Waals surface area (Å²) in [4.78, 5) is 2.30. The van der Waals surface area contributed by atoms with E-state index in [1.807, 2.05) is 6.07 Å². The maximum absolute atomic E-state index is 13.1. The van der Waals surface area contributed by atoms with Crippen LogP contribution in [0.3, 0.4) is 0 Å². The highest BCUT2D eigenvalue weighted by molar-refractivity contribution is 5.31. The number of hydrogen-bond donors (Lipinski definition) is 1. The third kappa shape index (κ3) is 5.08. The lowest BCUT2D eigenvalue weighted by molar-refractivity contribution is -0.253. The fraction of sp³-hybridized carbons (Fsp3) is 0.647. The second-order valence-corrected chi connectivity index (χ2v) is 5.98. The Bertz CT molecular complexity index is 507. The summed E-state index contributed by atoms with van der Waals surface area (Å²) >= 11 is 0. The standard InChI is InChI=1S/C17H24F4N2O/c1-2-3-7-15(23-10-8-22-9-11-23)13-5-4-6-14(12-13)24-17(20,21)16(18)19/h4-6,12,15-16,22H,2-3,7-11H2,1H3/t15-/m1/s1. The number of unbranched alkanes of at least 4 members (excludes halogenated alkanes) is 1. The molecular weight excluding hydrogens is 324 g/mol. The van der Waals surface area contributed by atoms with Crippen LogP contribution in [0.25, 0.3) is 0 Å². The summed E-state index contributed by atoms with van der Waals surface area (Å²) in [6.45, 7) is 5.58. The highest BCUT2D eigenvalue weighted by atomic mass is 19.3. The summed E-state index contributed by atoms with van der Waals surface area (Å²) < 4.78 is 55.1. The van der Waals surface area contributed by atoms with Crippen molar-refractivity contribution in [3.63, 3.8) is 0 Å². The van der Waals surface area contributed by atoms with Crippen molar-refractivity contribution in [1.82, 2.24) is 10.2 Å². The molecule has 1 aliphatic heterocycles. The van der Waals surface area contributed by atoms with Crippen LogP contribution in [0, 0.1) is 0 Å². The fourth-order valence-corrected chi connectivity index (χ4v) is 2.94. The summed E-state index contributed by atoms with van der Waals surface area (Å²) in [5.41, 5.74) is 0.827. The van der Waals surface area contributed by atoms with Gasteiger partial charge in [0.15, 0.2) is 0 Å². The number of rotatable bonds is 8. The molecule has 3 nitrogen and oxygen atoms in total. The third-order valence-corrected chi connectivity index (χ3v) is 4.17. The van der Waals surface area contributed by atoms with Crippen molar-refractivity contribution in [2.24, 2.45) is 0 Å². The van der Waals surface area contributed by atoms with E-state index < -0.39 is 12.5 Å². The van der Waals surface area contributed by atoms with E-state index in [0.717, 1.165) is 51.0 Å². The Balaban J connectivity index is 2.18. The molecule has 2 rings (SSSR count). The average Bonchev–Trinajstić information content (AvgIpc) is 2.56. The van der Waals surface area contributed by atoms with Gasteiger partial charge < -0.3 is 10.1 Å². The van der Waals surface area contributed by atoms with Crippen LogP contribution in [0.1, 0.15) is 37.8 Å². The maximum Gasteiger partial charge on any atom is 0.461 e. The lowest BCUT2D eigenvalue weighted by Crippen LogP contribution is -2.45. The minimum Gasteiger partial charge on any atom is -0.428 e. The number of halogens is 4. The molecule has 0 saturated carbocycles. The van der Waals surface area contributed by atoms with E-state index >= 15 is 0 Å². The summed E-state index contributed by atoms with van der Waals surface area (Å²) in [5.74, 6) is -0.227. The molecule has 1 heterocycles. The van der Waals surface area contributed by atoms with Crippen LogP contribution in [0.4, 0.5) is 17.6 Å². The van der Waals surface area contributed by atoms with Gasteiger partial charge in [0.25, 0.3) is 0 Å². The lowest BCUT2D eigenvalue weighted by Gasteiger charge is -2.35. The number of nitrogens with one attached hydrogen (secondary N) is 1. The minimum absolute atomic E-state index is 0.0794. The van der Waals surface area contributed by atoms with E-state index in [1.165, 1.54) is 12.1 Å². The molecule has 0 radical (unpaired) electrons. The van der Waals surface area contributed by atoms with E-state index in [-0.39, 0.29) is 11.8 Å². The predicted octanol–water partition coefficient (Wildman–Crippen LogP) is 4.06. The van der Waals surface area contributed by atoms with Crippen molar-refractivity contribution in [2.75, 3.05) is 26.2 Å². The lowest BCUT2D eigenvalue weighted by atomic mass is 9.98. The van der Waals surface area contributed by atoms with Gasteiger partial charge in [-0.15, -0.1) is 0 Å². The van der Waals surface area contributed by atoms with Gasteiger partial charge in [-0.25, -0.2) is 0 Å². The van der Waals surface area contributed by atoms with Gasteiger partial charge in [-0.1, -0.05) is 31.9 Å². The number of alkyl halides is 4. The molecule has 0 aliphatic carbocycles. The number of nitrogens with zero attached hydrogens (tertiary/aromatic N) is 1. The van der Waals surface area contributed by atoms with Crippen molar-refractivity contribution in [1.29, 1.82) is 0 Å². The SMILES string of the molecule is CCCC[C@H](c1cccc(OC(F)(F)C(F)F)c1)N1CCNCC1. The van der Waals surface area contributed by atoms with Gasteiger partial charge in [-0.05, 0) is 24.1 Å². The summed E-state index contributed by atoms with van der Waals surface area (Å²) in [5, 5.41) is 3.28. The first-order valence-corrected chi connectivity index (χ1v) is 8.33. The molecule has 7 heteroatoms. The van der Waals surface area contributed by atoms with Crippen LogP contribution in [0.5, 0.6) is 5.75 Å². The normalized spacial score (nSPS) is 17.9. The first-order chi connectivity index (χ1) is 11.4. The summed E-state index contributed by atoms with van der Waals surface area (Å²) in [6, 6.07) is 6.24. The van der Waals surface area contributed by atoms with Crippen molar-refractivity contribution >= 4 is 0 Å². The second kappa shape index (κ2) is 8.67. The van der Waals surface area contributed by atoms with Gasteiger partial charge in [-0.3, -0.25) is 4.90 Å². The molecule has 24 heavy (non-hydrogen) atoms. The third-order valence-electron chi connectivity index (χ3n) is 4.17. The molecule has 1 aromatic rings. The molecule has 1 atom stereocenters. The van der Waals surface area contributed by atoms with Gasteiger partial charge in [-0.2, -0.15) is 17.6 Å². The molecule has 0 amide bonds. The molecule has 0 unspecified atom stereocenters. The van der Waals surface area contributed by atoms with Crippen molar-refractivity contribution < 1.29 is 22.3 Å². The van der Waals surface area contributed by atoms with Gasteiger partial charge in [0.1, 0.15) is 5.75 Å². The Morgan fingerprint density at radius 2 is 1.96 bits per heavy atom. The molecule has 0 spiro atoms. The zero-order chi connectivity index (χ0) is 17.6. The minimum atomic E-state index is -4.48. The highest BCUT2D eigenvalue weighted by Crippen LogP contribution is 2.32. The monoisotopic (exact) mass is 348 g/mol. The van der Waals surface area contributed by atoms with Crippen LogP contribution in [0.2, 0.25) is 0 Å². The van der Waals surface area contributed by atoms with E-state index in [4.69, 9.17) is 0 Å². The van der Waals surface area contributed by atoms with E-state index in [9.17, 15) is 17.6 Å².